The summed E-state index contributed by atoms with van der Waals surface area (Å²) < 4.78 is 36.4. The van der Waals surface area contributed by atoms with Crippen LogP contribution in [0.15, 0.2) is 29.2 Å². The molecule has 90 valence electrons. The maximum atomic E-state index is 12.1. The lowest BCUT2D eigenvalue weighted by Crippen LogP contribution is -2.34. The first-order valence-corrected chi connectivity index (χ1v) is 5.61. The Kier molecular flexibility index (Phi) is 3.91. The minimum atomic E-state index is -4.24. The summed E-state index contributed by atoms with van der Waals surface area (Å²) in [4.78, 5) is 0.203. The zero-order chi connectivity index (χ0) is 12.4. The Labute approximate surface area is 97.2 Å². The highest BCUT2D eigenvalue weighted by atomic mass is 32.2. The molecule has 1 rings (SSSR count). The first kappa shape index (κ1) is 13.4. The van der Waals surface area contributed by atoms with Gasteiger partial charge < -0.3 is 5.73 Å². The number of rotatable bonds is 3. The second-order valence-corrected chi connectivity index (χ2v) is 5.50. The Morgan fingerprint density at radius 1 is 1.25 bits per heavy atom. The molecule has 0 spiro atoms. The smallest absolute Gasteiger partial charge is 0.325 e. The van der Waals surface area contributed by atoms with Crippen LogP contribution in [0, 0.1) is 0 Å². The van der Waals surface area contributed by atoms with Crippen molar-refractivity contribution in [1.82, 2.24) is 0 Å². The van der Waals surface area contributed by atoms with E-state index < -0.39 is 11.0 Å². The van der Waals surface area contributed by atoms with Gasteiger partial charge in [0.15, 0.2) is 0 Å². The van der Waals surface area contributed by atoms with Gasteiger partial charge in [-0.25, -0.2) is 0 Å². The summed E-state index contributed by atoms with van der Waals surface area (Å²) >= 11 is -0.0999. The quantitative estimate of drug-likeness (QED) is 0.829. The molecule has 16 heavy (non-hydrogen) atoms. The molecule has 0 heterocycles. The van der Waals surface area contributed by atoms with Gasteiger partial charge in [-0.05, 0) is 49.7 Å². The van der Waals surface area contributed by atoms with E-state index in [1.807, 2.05) is 13.8 Å². The van der Waals surface area contributed by atoms with Crippen molar-refractivity contribution in [2.75, 3.05) is 0 Å². The Morgan fingerprint density at radius 3 is 2.38 bits per heavy atom. The van der Waals surface area contributed by atoms with Crippen molar-refractivity contribution in [1.29, 1.82) is 0 Å². The first-order valence-electron chi connectivity index (χ1n) is 4.79. The van der Waals surface area contributed by atoms with Gasteiger partial charge in [-0.1, -0.05) is 12.1 Å². The Bertz CT molecular complexity index is 324. The highest BCUT2D eigenvalue weighted by Gasteiger charge is 2.29. The van der Waals surface area contributed by atoms with Crippen LogP contribution in [0.3, 0.4) is 0 Å². The van der Waals surface area contributed by atoms with E-state index in [0.717, 1.165) is 5.56 Å². The van der Waals surface area contributed by atoms with Crippen molar-refractivity contribution in [2.24, 2.45) is 5.73 Å². The zero-order valence-corrected chi connectivity index (χ0v) is 9.95. The topological polar surface area (TPSA) is 26.0 Å². The molecular weight excluding hydrogens is 235 g/mol. The summed E-state index contributed by atoms with van der Waals surface area (Å²) in [5, 5.41) is 0. The summed E-state index contributed by atoms with van der Waals surface area (Å²) in [6, 6.07) is 6.39. The number of benzene rings is 1. The third-order valence-corrected chi connectivity index (χ3v) is 2.51. The lowest BCUT2D eigenvalue weighted by atomic mass is 9.96. The standard InChI is InChI=1S/C11H14F3NS/c1-10(2,15)7-8-4-3-5-9(6-8)16-11(12,13)14/h3-6H,7,15H2,1-2H3. The van der Waals surface area contributed by atoms with Crippen molar-refractivity contribution >= 4 is 11.8 Å². The number of halogens is 3. The van der Waals surface area contributed by atoms with Gasteiger partial charge in [0.05, 0.1) is 0 Å². The predicted octanol–water partition coefficient (Wildman–Crippen LogP) is 3.58. The molecule has 0 aliphatic carbocycles. The molecule has 0 unspecified atom stereocenters. The third-order valence-electron chi connectivity index (χ3n) is 1.79. The number of thioether (sulfide) groups is 1. The molecule has 2 N–H and O–H groups in total. The summed E-state index contributed by atoms with van der Waals surface area (Å²) in [7, 11) is 0. The van der Waals surface area contributed by atoms with Crippen molar-refractivity contribution in [3.8, 4) is 0 Å². The van der Waals surface area contributed by atoms with E-state index in [0.29, 0.717) is 6.42 Å². The summed E-state index contributed by atoms with van der Waals surface area (Å²) in [5.41, 5.74) is 1.98. The second kappa shape index (κ2) is 4.67. The van der Waals surface area contributed by atoms with E-state index >= 15 is 0 Å². The first-order chi connectivity index (χ1) is 7.16. The van der Waals surface area contributed by atoms with Crippen molar-refractivity contribution in [3.05, 3.63) is 29.8 Å². The number of nitrogens with two attached hydrogens (primary N) is 1. The molecule has 5 heteroatoms. The van der Waals surface area contributed by atoms with Crippen molar-refractivity contribution in [2.45, 2.75) is 36.2 Å². The highest BCUT2D eigenvalue weighted by molar-refractivity contribution is 8.00. The fourth-order valence-corrected chi connectivity index (χ4v) is 2.00. The van der Waals surface area contributed by atoms with Gasteiger partial charge in [-0.3, -0.25) is 0 Å². The van der Waals surface area contributed by atoms with E-state index in [4.69, 9.17) is 5.73 Å². The molecule has 0 saturated heterocycles. The molecule has 0 aliphatic heterocycles. The number of hydrogen-bond donors (Lipinski definition) is 1. The summed E-state index contributed by atoms with van der Waals surface area (Å²) in [6.45, 7) is 3.69. The van der Waals surface area contributed by atoms with Crippen molar-refractivity contribution in [3.63, 3.8) is 0 Å². The van der Waals surface area contributed by atoms with Crippen LogP contribution in [-0.2, 0) is 6.42 Å². The molecule has 0 saturated carbocycles. The van der Waals surface area contributed by atoms with Crippen LogP contribution >= 0.6 is 11.8 Å². The predicted molar refractivity (Wildman–Crippen MR) is 60.3 cm³/mol. The van der Waals surface area contributed by atoms with Crippen LogP contribution in [0.2, 0.25) is 0 Å². The lowest BCUT2D eigenvalue weighted by molar-refractivity contribution is -0.0328. The molecular formula is C11H14F3NS. The Morgan fingerprint density at radius 2 is 1.88 bits per heavy atom. The molecule has 0 radical (unpaired) electrons. The van der Waals surface area contributed by atoms with Crippen LogP contribution in [0.5, 0.6) is 0 Å². The molecule has 0 aliphatic rings. The molecule has 1 nitrogen and oxygen atoms in total. The van der Waals surface area contributed by atoms with Gasteiger partial charge >= 0.3 is 5.51 Å². The van der Waals surface area contributed by atoms with Crippen LogP contribution in [0.1, 0.15) is 19.4 Å². The summed E-state index contributed by atoms with van der Waals surface area (Å²) in [5.74, 6) is 0. The molecule has 0 bridgehead atoms. The minimum absolute atomic E-state index is 0.0999. The molecule has 0 amide bonds. The van der Waals surface area contributed by atoms with Crippen molar-refractivity contribution < 1.29 is 13.2 Å². The monoisotopic (exact) mass is 249 g/mol. The molecule has 1 aromatic carbocycles. The molecule has 0 aromatic heterocycles. The Hall–Kier alpha value is -0.680. The SMILES string of the molecule is CC(C)(N)Cc1cccc(SC(F)(F)F)c1. The normalized spacial score (nSPS) is 12.9. The second-order valence-electron chi connectivity index (χ2n) is 4.36. The molecule has 0 fully saturated rings. The van der Waals surface area contributed by atoms with Gasteiger partial charge in [-0.15, -0.1) is 0 Å². The lowest BCUT2D eigenvalue weighted by Gasteiger charge is -2.18. The zero-order valence-electron chi connectivity index (χ0n) is 9.14. The maximum Gasteiger partial charge on any atom is 0.446 e. The Balaban J connectivity index is 2.79. The van der Waals surface area contributed by atoms with Gasteiger partial charge in [0.1, 0.15) is 0 Å². The third kappa shape index (κ3) is 5.42. The van der Waals surface area contributed by atoms with Gasteiger partial charge in [0.25, 0.3) is 0 Å². The van der Waals surface area contributed by atoms with Gasteiger partial charge in [-0.2, -0.15) is 13.2 Å². The van der Waals surface area contributed by atoms with E-state index in [9.17, 15) is 13.2 Å². The average Bonchev–Trinajstić information content (AvgIpc) is 1.96. The minimum Gasteiger partial charge on any atom is -0.325 e. The van der Waals surface area contributed by atoms with E-state index in [1.54, 1.807) is 12.1 Å². The molecule has 0 atom stereocenters. The number of hydrogen-bond acceptors (Lipinski definition) is 2. The molecule has 1 aromatic rings. The fraction of sp³-hybridized carbons (Fsp3) is 0.455. The van der Waals surface area contributed by atoms with E-state index in [-0.39, 0.29) is 16.7 Å². The van der Waals surface area contributed by atoms with E-state index in [2.05, 4.69) is 0 Å². The summed E-state index contributed by atoms with van der Waals surface area (Å²) in [6.07, 6.45) is 0.555. The number of alkyl halides is 3. The van der Waals surface area contributed by atoms with E-state index in [1.165, 1.54) is 12.1 Å². The van der Waals surface area contributed by atoms with Crippen LogP contribution in [0.25, 0.3) is 0 Å². The van der Waals surface area contributed by atoms with Crippen LogP contribution in [-0.4, -0.2) is 11.0 Å². The fourth-order valence-electron chi connectivity index (χ4n) is 1.38. The van der Waals surface area contributed by atoms with Crippen LogP contribution in [0.4, 0.5) is 13.2 Å². The largest absolute Gasteiger partial charge is 0.446 e. The van der Waals surface area contributed by atoms with Crippen LogP contribution < -0.4 is 5.73 Å². The highest BCUT2D eigenvalue weighted by Crippen LogP contribution is 2.37. The van der Waals surface area contributed by atoms with Gasteiger partial charge in [0.2, 0.25) is 0 Å². The maximum absolute atomic E-state index is 12.1. The van der Waals surface area contributed by atoms with Gasteiger partial charge in [0, 0.05) is 10.4 Å². The average molecular weight is 249 g/mol.